The predicted molar refractivity (Wildman–Crippen MR) is 78.7 cm³/mol. The van der Waals surface area contributed by atoms with Gasteiger partial charge < -0.3 is 16.4 Å². The molecule has 2 aromatic rings. The van der Waals surface area contributed by atoms with Gasteiger partial charge >= 0.3 is 0 Å². The van der Waals surface area contributed by atoms with Gasteiger partial charge in [0.1, 0.15) is 5.82 Å². The number of aryl methyl sites for hydroxylation is 1. The van der Waals surface area contributed by atoms with Crippen LogP contribution in [0.1, 0.15) is 15.9 Å². The van der Waals surface area contributed by atoms with Gasteiger partial charge in [-0.2, -0.15) is 0 Å². The van der Waals surface area contributed by atoms with E-state index in [0.29, 0.717) is 22.6 Å². The molecule has 0 fully saturated rings. The van der Waals surface area contributed by atoms with Gasteiger partial charge in [0.25, 0.3) is 5.91 Å². The van der Waals surface area contributed by atoms with Gasteiger partial charge in [-0.05, 0) is 42.8 Å². The van der Waals surface area contributed by atoms with Crippen LogP contribution in [0.5, 0.6) is 0 Å². The second kappa shape index (κ2) is 5.61. The number of amides is 1. The van der Waals surface area contributed by atoms with E-state index in [-0.39, 0.29) is 11.7 Å². The van der Waals surface area contributed by atoms with Gasteiger partial charge in [0.15, 0.2) is 0 Å². The Morgan fingerprint density at radius 3 is 2.55 bits per heavy atom. The van der Waals surface area contributed by atoms with Crippen LogP contribution in [0.15, 0.2) is 36.4 Å². The molecule has 4 nitrogen and oxygen atoms in total. The highest BCUT2D eigenvalue weighted by molar-refractivity contribution is 6.00. The number of halogens is 1. The van der Waals surface area contributed by atoms with Crippen LogP contribution < -0.4 is 16.4 Å². The first kappa shape index (κ1) is 13.9. The van der Waals surface area contributed by atoms with Crippen LogP contribution in [0.2, 0.25) is 0 Å². The summed E-state index contributed by atoms with van der Waals surface area (Å²) in [5, 5.41) is 5.45. The molecule has 0 bridgehead atoms. The molecule has 0 spiro atoms. The van der Waals surface area contributed by atoms with Gasteiger partial charge in [0.2, 0.25) is 0 Å². The Labute approximate surface area is 116 Å². The second-order valence-corrected chi connectivity index (χ2v) is 4.49. The largest absolute Gasteiger partial charge is 0.399 e. The van der Waals surface area contributed by atoms with E-state index in [1.165, 1.54) is 13.1 Å². The van der Waals surface area contributed by atoms with Crippen LogP contribution in [0, 0.1) is 12.7 Å². The molecule has 1 amide bonds. The van der Waals surface area contributed by atoms with E-state index in [1.807, 2.05) is 6.92 Å². The number of hydrogen-bond acceptors (Lipinski definition) is 3. The minimum Gasteiger partial charge on any atom is -0.399 e. The molecule has 4 N–H and O–H groups in total. The molecular formula is C15H16FN3O. The van der Waals surface area contributed by atoms with Crippen LogP contribution in [-0.4, -0.2) is 13.0 Å². The Balaban J connectivity index is 2.41. The van der Waals surface area contributed by atoms with Gasteiger partial charge in [-0.25, -0.2) is 4.39 Å². The monoisotopic (exact) mass is 273 g/mol. The lowest BCUT2D eigenvalue weighted by atomic mass is 10.1. The zero-order valence-electron chi connectivity index (χ0n) is 11.3. The molecule has 0 aliphatic rings. The van der Waals surface area contributed by atoms with Gasteiger partial charge in [-0.1, -0.05) is 6.07 Å². The fraction of sp³-hybridized carbons (Fsp3) is 0.133. The van der Waals surface area contributed by atoms with Crippen LogP contribution in [0.25, 0.3) is 0 Å². The van der Waals surface area contributed by atoms with Gasteiger partial charge in [0, 0.05) is 12.7 Å². The maximum absolute atomic E-state index is 13.9. The number of carbonyl (C=O) groups is 1. The second-order valence-electron chi connectivity index (χ2n) is 4.49. The topological polar surface area (TPSA) is 67.2 Å². The number of nitrogens with two attached hydrogens (primary N) is 1. The number of nitrogen functional groups attached to an aromatic ring is 1. The molecule has 0 saturated heterocycles. The van der Waals surface area contributed by atoms with Crippen molar-refractivity contribution in [2.75, 3.05) is 18.1 Å². The van der Waals surface area contributed by atoms with Crippen molar-refractivity contribution in [3.8, 4) is 0 Å². The quantitative estimate of drug-likeness (QED) is 0.753. The van der Waals surface area contributed by atoms with Crippen molar-refractivity contribution in [3.05, 3.63) is 53.3 Å². The van der Waals surface area contributed by atoms with Crippen molar-refractivity contribution in [2.45, 2.75) is 6.92 Å². The Kier molecular flexibility index (Phi) is 3.89. The van der Waals surface area contributed by atoms with E-state index in [9.17, 15) is 9.18 Å². The molecule has 0 aromatic heterocycles. The zero-order valence-corrected chi connectivity index (χ0v) is 11.3. The Hall–Kier alpha value is -2.56. The molecule has 0 radical (unpaired) electrons. The van der Waals surface area contributed by atoms with Crippen molar-refractivity contribution < 1.29 is 9.18 Å². The van der Waals surface area contributed by atoms with Gasteiger partial charge in [-0.15, -0.1) is 0 Å². The standard InChI is InChI=1S/C15H16FN3O/c1-9-3-6-13(12(16)7-9)19-14-8-10(17)4-5-11(14)15(20)18-2/h3-8,19H,17H2,1-2H3,(H,18,20). The fourth-order valence-electron chi connectivity index (χ4n) is 1.86. The molecule has 104 valence electrons. The number of carbonyl (C=O) groups excluding carboxylic acids is 1. The first-order chi connectivity index (χ1) is 9.51. The molecule has 0 unspecified atom stereocenters. The summed E-state index contributed by atoms with van der Waals surface area (Å²) in [5.74, 6) is -0.643. The smallest absolute Gasteiger partial charge is 0.253 e. The highest BCUT2D eigenvalue weighted by Gasteiger charge is 2.12. The van der Waals surface area contributed by atoms with Crippen LogP contribution >= 0.6 is 0 Å². The van der Waals surface area contributed by atoms with E-state index >= 15 is 0 Å². The minimum atomic E-state index is -0.379. The Morgan fingerprint density at radius 2 is 1.90 bits per heavy atom. The predicted octanol–water partition coefficient (Wildman–Crippen LogP) is 2.82. The average Bonchev–Trinajstić information content (AvgIpc) is 2.41. The molecule has 2 rings (SSSR count). The summed E-state index contributed by atoms with van der Waals surface area (Å²) in [4.78, 5) is 11.8. The SMILES string of the molecule is CNC(=O)c1ccc(N)cc1Nc1ccc(C)cc1F. The van der Waals surface area contributed by atoms with Crippen LogP contribution in [0.4, 0.5) is 21.5 Å². The van der Waals surface area contributed by atoms with Crippen molar-refractivity contribution in [1.82, 2.24) is 5.32 Å². The first-order valence-electron chi connectivity index (χ1n) is 6.16. The summed E-state index contributed by atoms with van der Waals surface area (Å²) in [5.41, 5.74) is 8.21. The first-order valence-corrected chi connectivity index (χ1v) is 6.16. The number of anilines is 3. The van der Waals surface area contributed by atoms with Crippen molar-refractivity contribution in [1.29, 1.82) is 0 Å². The van der Waals surface area contributed by atoms with Gasteiger partial charge in [0.05, 0.1) is 16.9 Å². The molecule has 20 heavy (non-hydrogen) atoms. The number of hydrogen-bond donors (Lipinski definition) is 3. The summed E-state index contributed by atoms with van der Waals surface area (Å²) in [6.07, 6.45) is 0. The third-order valence-corrected chi connectivity index (χ3v) is 2.91. The van der Waals surface area contributed by atoms with E-state index in [0.717, 1.165) is 5.56 Å². The molecule has 2 aromatic carbocycles. The summed E-state index contributed by atoms with van der Waals surface area (Å²) >= 11 is 0. The highest BCUT2D eigenvalue weighted by atomic mass is 19.1. The zero-order chi connectivity index (χ0) is 14.7. The molecule has 0 saturated carbocycles. The van der Waals surface area contributed by atoms with Crippen LogP contribution in [-0.2, 0) is 0 Å². The van der Waals surface area contributed by atoms with Crippen molar-refractivity contribution >= 4 is 23.0 Å². The van der Waals surface area contributed by atoms with E-state index in [4.69, 9.17) is 5.73 Å². The third kappa shape index (κ3) is 2.88. The Morgan fingerprint density at radius 1 is 1.15 bits per heavy atom. The summed E-state index contributed by atoms with van der Waals surface area (Å²) < 4.78 is 13.9. The lowest BCUT2D eigenvalue weighted by Gasteiger charge is -2.13. The highest BCUT2D eigenvalue weighted by Crippen LogP contribution is 2.25. The number of benzene rings is 2. The van der Waals surface area contributed by atoms with E-state index < -0.39 is 0 Å². The minimum absolute atomic E-state index is 0.264. The molecule has 0 atom stereocenters. The van der Waals surface area contributed by atoms with Gasteiger partial charge in [-0.3, -0.25) is 4.79 Å². The van der Waals surface area contributed by atoms with Crippen LogP contribution in [0.3, 0.4) is 0 Å². The maximum atomic E-state index is 13.9. The molecule has 0 aliphatic heterocycles. The lowest BCUT2D eigenvalue weighted by molar-refractivity contribution is 0.0964. The summed E-state index contributed by atoms with van der Waals surface area (Å²) in [7, 11) is 1.54. The van der Waals surface area contributed by atoms with E-state index in [1.54, 1.807) is 30.3 Å². The molecule has 0 aliphatic carbocycles. The fourth-order valence-corrected chi connectivity index (χ4v) is 1.86. The normalized spacial score (nSPS) is 10.2. The molecule has 0 heterocycles. The summed E-state index contributed by atoms with van der Waals surface area (Å²) in [6, 6.07) is 9.67. The van der Waals surface area contributed by atoms with E-state index in [2.05, 4.69) is 10.6 Å². The number of nitrogens with one attached hydrogen (secondary N) is 2. The molecule has 5 heteroatoms. The maximum Gasteiger partial charge on any atom is 0.253 e. The van der Waals surface area contributed by atoms with Crippen molar-refractivity contribution in [2.24, 2.45) is 0 Å². The Bertz CT molecular complexity index is 656. The lowest BCUT2D eigenvalue weighted by Crippen LogP contribution is -2.19. The third-order valence-electron chi connectivity index (χ3n) is 2.91. The molecular weight excluding hydrogens is 257 g/mol. The average molecular weight is 273 g/mol. The summed E-state index contributed by atoms with van der Waals surface area (Å²) in [6.45, 7) is 1.81. The number of rotatable bonds is 3. The van der Waals surface area contributed by atoms with Crippen molar-refractivity contribution in [3.63, 3.8) is 0 Å².